The molecule has 2 aromatic rings. The molecule has 2 amide bonds. The Morgan fingerprint density at radius 3 is 2.29 bits per heavy atom. The van der Waals surface area contributed by atoms with Crippen LogP contribution in [0.25, 0.3) is 0 Å². The molecule has 28 heavy (non-hydrogen) atoms. The smallest absolute Gasteiger partial charge is 0.278 e. The van der Waals surface area contributed by atoms with E-state index in [9.17, 15) is 29.6 Å². The number of carboxylic acids is 1. The Hall–Kier alpha value is -3.59. The number of carbonyl (C=O) groups is 3. The third-order valence-corrected chi connectivity index (χ3v) is 3.84. The van der Waals surface area contributed by atoms with Crippen molar-refractivity contribution in [3.8, 4) is 0 Å². The van der Waals surface area contributed by atoms with Crippen LogP contribution in [-0.2, 0) is 16.0 Å². The summed E-state index contributed by atoms with van der Waals surface area (Å²) >= 11 is 5.95. The van der Waals surface area contributed by atoms with Crippen LogP contribution >= 0.6 is 11.6 Å². The van der Waals surface area contributed by atoms with E-state index in [1.165, 1.54) is 36.4 Å². The fourth-order valence-electron chi connectivity index (χ4n) is 2.17. The Morgan fingerprint density at radius 2 is 1.71 bits per heavy atom. The number of hydrogen-bond donors (Lipinski definition) is 1. The molecule has 0 unspecified atom stereocenters. The zero-order valence-corrected chi connectivity index (χ0v) is 15.0. The van der Waals surface area contributed by atoms with E-state index in [0.29, 0.717) is 5.56 Å². The summed E-state index contributed by atoms with van der Waals surface area (Å²) in [6, 6.07) is 11.4. The van der Waals surface area contributed by atoms with E-state index in [-0.39, 0.29) is 28.4 Å². The van der Waals surface area contributed by atoms with Gasteiger partial charge in [0.1, 0.15) is 5.71 Å². The maximum absolute atomic E-state index is 12.4. The first-order chi connectivity index (χ1) is 13.3. The second-order valence-electron chi connectivity index (χ2n) is 5.50. The van der Waals surface area contributed by atoms with Crippen LogP contribution in [-0.4, -0.2) is 35.0 Å². The molecule has 1 N–H and O–H groups in total. The lowest BCUT2D eigenvalue weighted by molar-refractivity contribution is -0.384. The third kappa shape index (κ3) is 5.71. The summed E-state index contributed by atoms with van der Waals surface area (Å²) in [5.41, 5.74) is 0.105. The Morgan fingerprint density at radius 1 is 1.07 bits per heavy atom. The SMILES string of the molecule is O=C([O-])CNC(=O)C(Cc1ccc([N+](=O)[O-])cc1)=NC(=O)c1ccccc1Cl. The number of hydrogen-bond acceptors (Lipinski definition) is 6. The summed E-state index contributed by atoms with van der Waals surface area (Å²) in [6.45, 7) is -0.765. The second-order valence-corrected chi connectivity index (χ2v) is 5.91. The number of carboxylic acid groups (broad SMARTS) is 1. The molecule has 0 heterocycles. The fourth-order valence-corrected chi connectivity index (χ4v) is 2.39. The number of nitrogens with one attached hydrogen (secondary N) is 1. The number of nitro benzene ring substituents is 1. The van der Waals surface area contributed by atoms with Gasteiger partial charge in [0.05, 0.1) is 28.0 Å². The molecule has 0 atom stereocenters. The molecule has 10 heteroatoms. The first-order valence-electron chi connectivity index (χ1n) is 7.85. The van der Waals surface area contributed by atoms with Crippen LogP contribution in [0.15, 0.2) is 53.5 Å². The molecule has 9 nitrogen and oxygen atoms in total. The second kappa shape index (κ2) is 9.38. The highest BCUT2D eigenvalue weighted by molar-refractivity contribution is 6.42. The van der Waals surface area contributed by atoms with Gasteiger partial charge in [-0.05, 0) is 17.7 Å². The number of benzene rings is 2. The van der Waals surface area contributed by atoms with Crippen molar-refractivity contribution in [3.63, 3.8) is 0 Å². The number of halogens is 1. The first kappa shape index (κ1) is 20.7. The molecule has 0 saturated carbocycles. The molecule has 144 valence electrons. The van der Waals surface area contributed by atoms with E-state index in [1.54, 1.807) is 12.1 Å². The van der Waals surface area contributed by atoms with Crippen LogP contribution in [0.1, 0.15) is 15.9 Å². The van der Waals surface area contributed by atoms with Crippen LogP contribution in [0.3, 0.4) is 0 Å². The molecule has 2 rings (SSSR count). The zero-order valence-electron chi connectivity index (χ0n) is 14.3. The molecule has 0 aliphatic carbocycles. The van der Waals surface area contributed by atoms with Crippen LogP contribution < -0.4 is 10.4 Å². The van der Waals surface area contributed by atoms with E-state index in [0.717, 1.165) is 0 Å². The lowest BCUT2D eigenvalue weighted by Gasteiger charge is -2.09. The number of nitro groups is 1. The highest BCUT2D eigenvalue weighted by Gasteiger charge is 2.17. The van der Waals surface area contributed by atoms with Gasteiger partial charge in [0, 0.05) is 18.6 Å². The van der Waals surface area contributed by atoms with Gasteiger partial charge in [-0.2, -0.15) is 0 Å². The molecule has 0 radical (unpaired) electrons. The zero-order chi connectivity index (χ0) is 20.7. The molecule has 0 saturated heterocycles. The molecule has 0 bridgehead atoms. The van der Waals surface area contributed by atoms with Crippen molar-refractivity contribution in [3.05, 3.63) is 74.8 Å². The van der Waals surface area contributed by atoms with Gasteiger partial charge < -0.3 is 15.2 Å². The van der Waals surface area contributed by atoms with Crippen molar-refractivity contribution in [2.75, 3.05) is 6.54 Å². The molecule has 0 aliphatic heterocycles. The monoisotopic (exact) mass is 402 g/mol. The molecule has 0 aliphatic rings. The highest BCUT2D eigenvalue weighted by Crippen LogP contribution is 2.17. The van der Waals surface area contributed by atoms with Gasteiger partial charge in [0.25, 0.3) is 17.5 Å². The van der Waals surface area contributed by atoms with Crippen molar-refractivity contribution in [2.24, 2.45) is 4.99 Å². The number of nitrogens with zero attached hydrogens (tertiary/aromatic N) is 2. The van der Waals surface area contributed by atoms with Gasteiger partial charge in [0.2, 0.25) is 0 Å². The van der Waals surface area contributed by atoms with E-state index in [2.05, 4.69) is 10.3 Å². The normalized spacial score (nSPS) is 11.0. The number of rotatable bonds is 7. The Kier molecular flexibility index (Phi) is 6.94. The predicted octanol–water partition coefficient (Wildman–Crippen LogP) is 0.938. The number of aliphatic imine (C=N–C) groups is 1. The predicted molar refractivity (Wildman–Crippen MR) is 98.0 cm³/mol. The molecule has 0 spiro atoms. The molecule has 0 fully saturated rings. The van der Waals surface area contributed by atoms with Crippen LogP contribution in [0.5, 0.6) is 0 Å². The largest absolute Gasteiger partial charge is 0.548 e. The van der Waals surface area contributed by atoms with Crippen molar-refractivity contribution < 1.29 is 24.4 Å². The maximum atomic E-state index is 12.4. The minimum absolute atomic E-state index is 0.0677. The lowest BCUT2D eigenvalue weighted by Crippen LogP contribution is -2.41. The number of aliphatic carboxylic acids is 1. The highest BCUT2D eigenvalue weighted by atomic mass is 35.5. The summed E-state index contributed by atoms with van der Waals surface area (Å²) in [4.78, 5) is 49.1. The van der Waals surface area contributed by atoms with Gasteiger partial charge >= 0.3 is 0 Å². The van der Waals surface area contributed by atoms with E-state index >= 15 is 0 Å². The number of amides is 2. The van der Waals surface area contributed by atoms with E-state index < -0.39 is 29.3 Å². The summed E-state index contributed by atoms with van der Waals surface area (Å²) in [7, 11) is 0. The minimum Gasteiger partial charge on any atom is -0.548 e. The van der Waals surface area contributed by atoms with Gasteiger partial charge in [-0.25, -0.2) is 4.99 Å². The number of non-ortho nitro benzene ring substituents is 1. The molecule has 0 aromatic heterocycles. The van der Waals surface area contributed by atoms with Crippen molar-refractivity contribution in [1.29, 1.82) is 0 Å². The average Bonchev–Trinajstić information content (AvgIpc) is 2.66. The quantitative estimate of drug-likeness (QED) is 0.415. The van der Waals surface area contributed by atoms with Crippen molar-refractivity contribution in [2.45, 2.75) is 6.42 Å². The summed E-state index contributed by atoms with van der Waals surface area (Å²) in [5, 5.41) is 23.5. The van der Waals surface area contributed by atoms with E-state index in [4.69, 9.17) is 11.6 Å². The Balaban J connectivity index is 2.31. The van der Waals surface area contributed by atoms with Gasteiger partial charge in [-0.3, -0.25) is 19.7 Å². The summed E-state index contributed by atoms with van der Waals surface area (Å²) in [6.07, 6.45) is -0.160. The Bertz CT molecular complexity index is 956. The molecular weight excluding hydrogens is 390 g/mol. The third-order valence-electron chi connectivity index (χ3n) is 3.51. The van der Waals surface area contributed by atoms with Gasteiger partial charge in [-0.1, -0.05) is 35.9 Å². The van der Waals surface area contributed by atoms with Crippen LogP contribution in [0, 0.1) is 10.1 Å². The topological polar surface area (TPSA) is 142 Å². The maximum Gasteiger partial charge on any atom is 0.278 e. The van der Waals surface area contributed by atoms with Gasteiger partial charge in [0.15, 0.2) is 0 Å². The lowest BCUT2D eigenvalue weighted by atomic mass is 10.1. The first-order valence-corrected chi connectivity index (χ1v) is 8.23. The van der Waals surface area contributed by atoms with E-state index in [1.807, 2.05) is 0 Å². The van der Waals surface area contributed by atoms with Crippen molar-refractivity contribution >= 4 is 40.8 Å². The van der Waals surface area contributed by atoms with Crippen molar-refractivity contribution in [1.82, 2.24) is 5.32 Å². The molecular formula is C18H13ClN3O6-. The summed E-state index contributed by atoms with van der Waals surface area (Å²) in [5.74, 6) is -3.19. The van der Waals surface area contributed by atoms with Crippen LogP contribution in [0.2, 0.25) is 5.02 Å². The molecule has 2 aromatic carbocycles. The number of carbonyl (C=O) groups excluding carboxylic acids is 3. The minimum atomic E-state index is -1.51. The average molecular weight is 403 g/mol. The van der Waals surface area contributed by atoms with Crippen LogP contribution in [0.4, 0.5) is 5.69 Å². The Labute approximate surface area is 163 Å². The van der Waals surface area contributed by atoms with Gasteiger partial charge in [-0.15, -0.1) is 0 Å². The fraction of sp³-hybridized carbons (Fsp3) is 0.111. The standard InChI is InChI=1S/C18H14ClN3O6/c19-14-4-2-1-3-13(14)17(25)21-15(18(26)20-10-16(23)24)9-11-5-7-12(8-6-11)22(27)28/h1-8H,9-10H2,(H,20,26)(H,23,24)/p-1. The summed E-state index contributed by atoms with van der Waals surface area (Å²) < 4.78 is 0.